The SMILES string of the molecule is C=C(F)C(=O)NCc1ccc(Oc2cc3onc(NS(=O)(=O)c4cc(CC)ccc4OC)c3c3c2CCCO3)nc1. The van der Waals surface area contributed by atoms with Gasteiger partial charge in [-0.1, -0.05) is 30.8 Å². The van der Waals surface area contributed by atoms with Crippen molar-refractivity contribution in [1.82, 2.24) is 15.5 Å². The molecule has 11 nitrogen and oxygen atoms in total. The third-order valence-electron chi connectivity index (χ3n) is 6.47. The second kappa shape index (κ2) is 11.5. The number of aromatic nitrogens is 2. The predicted molar refractivity (Wildman–Crippen MR) is 147 cm³/mol. The van der Waals surface area contributed by atoms with Crippen LogP contribution in [0, 0.1) is 0 Å². The second-order valence-electron chi connectivity index (χ2n) is 9.18. The highest BCUT2D eigenvalue weighted by Gasteiger charge is 2.29. The van der Waals surface area contributed by atoms with Crippen LogP contribution in [0.1, 0.15) is 30.0 Å². The molecule has 0 saturated heterocycles. The fourth-order valence-corrected chi connectivity index (χ4v) is 5.60. The summed E-state index contributed by atoms with van der Waals surface area (Å²) in [6.45, 7) is 5.36. The Morgan fingerprint density at radius 2 is 1.98 bits per heavy atom. The maximum atomic E-state index is 13.4. The monoisotopic (exact) mass is 582 g/mol. The number of carbonyl (C=O) groups excluding carboxylic acids is 1. The van der Waals surface area contributed by atoms with E-state index < -0.39 is 21.8 Å². The molecule has 0 aliphatic carbocycles. The van der Waals surface area contributed by atoms with Gasteiger partial charge in [-0.05, 0) is 42.5 Å². The van der Waals surface area contributed by atoms with Crippen LogP contribution in [0.15, 0.2) is 64.4 Å². The Labute approximate surface area is 235 Å². The molecule has 2 N–H and O–H groups in total. The summed E-state index contributed by atoms with van der Waals surface area (Å²) in [7, 11) is -2.70. The van der Waals surface area contributed by atoms with Gasteiger partial charge in [0.1, 0.15) is 27.5 Å². The first-order valence-corrected chi connectivity index (χ1v) is 14.2. The van der Waals surface area contributed by atoms with E-state index in [4.69, 9.17) is 18.7 Å². The summed E-state index contributed by atoms with van der Waals surface area (Å²) < 4.78 is 65.1. The number of hydrogen-bond acceptors (Lipinski definition) is 9. The number of pyridine rings is 1. The van der Waals surface area contributed by atoms with Crippen LogP contribution in [0.2, 0.25) is 0 Å². The number of carbonyl (C=O) groups is 1. The minimum Gasteiger partial charge on any atom is -0.495 e. The maximum Gasteiger partial charge on any atom is 0.279 e. The lowest BCUT2D eigenvalue weighted by Crippen LogP contribution is -2.22. The van der Waals surface area contributed by atoms with Crippen molar-refractivity contribution < 1.29 is 36.3 Å². The largest absolute Gasteiger partial charge is 0.495 e. The Morgan fingerprint density at radius 3 is 2.68 bits per heavy atom. The molecule has 5 rings (SSSR count). The van der Waals surface area contributed by atoms with Gasteiger partial charge in [0.05, 0.1) is 13.7 Å². The number of ether oxygens (including phenoxy) is 3. The zero-order chi connectivity index (χ0) is 29.1. The number of anilines is 1. The van der Waals surface area contributed by atoms with E-state index in [0.717, 1.165) is 5.56 Å². The van der Waals surface area contributed by atoms with E-state index >= 15 is 0 Å². The highest BCUT2D eigenvalue weighted by atomic mass is 32.2. The van der Waals surface area contributed by atoms with E-state index in [1.54, 1.807) is 36.4 Å². The zero-order valence-corrected chi connectivity index (χ0v) is 23.1. The predicted octanol–water partition coefficient (Wildman–Crippen LogP) is 4.81. The van der Waals surface area contributed by atoms with Gasteiger partial charge >= 0.3 is 0 Å². The molecule has 41 heavy (non-hydrogen) atoms. The molecule has 3 heterocycles. The summed E-state index contributed by atoms with van der Waals surface area (Å²) >= 11 is 0. The average molecular weight is 583 g/mol. The van der Waals surface area contributed by atoms with E-state index in [2.05, 4.69) is 26.8 Å². The molecule has 2 aromatic carbocycles. The van der Waals surface area contributed by atoms with E-state index in [1.807, 2.05) is 6.92 Å². The van der Waals surface area contributed by atoms with E-state index in [-0.39, 0.29) is 34.5 Å². The number of sulfonamides is 1. The van der Waals surface area contributed by atoms with Crippen LogP contribution in [-0.4, -0.2) is 38.2 Å². The summed E-state index contributed by atoms with van der Waals surface area (Å²) in [5.41, 5.74) is 2.41. The molecule has 0 atom stereocenters. The van der Waals surface area contributed by atoms with Crippen LogP contribution in [0.5, 0.6) is 23.1 Å². The molecular weight excluding hydrogens is 555 g/mol. The zero-order valence-electron chi connectivity index (χ0n) is 22.3. The van der Waals surface area contributed by atoms with Gasteiger partial charge < -0.3 is 24.1 Å². The van der Waals surface area contributed by atoms with Crippen molar-refractivity contribution >= 4 is 32.7 Å². The van der Waals surface area contributed by atoms with Crippen molar-refractivity contribution in [2.75, 3.05) is 18.4 Å². The Bertz CT molecular complexity index is 1740. The molecule has 1 amide bonds. The first kappa shape index (κ1) is 27.9. The van der Waals surface area contributed by atoms with Crippen molar-refractivity contribution in [2.45, 2.75) is 37.6 Å². The molecule has 1 aliphatic rings. The van der Waals surface area contributed by atoms with Crippen molar-refractivity contribution in [3.8, 4) is 23.1 Å². The summed E-state index contributed by atoms with van der Waals surface area (Å²) in [4.78, 5) is 15.6. The highest BCUT2D eigenvalue weighted by molar-refractivity contribution is 7.92. The number of rotatable bonds is 10. The Kier molecular flexibility index (Phi) is 7.79. The number of halogens is 1. The third kappa shape index (κ3) is 5.80. The van der Waals surface area contributed by atoms with Crippen molar-refractivity contribution in [1.29, 1.82) is 0 Å². The number of nitrogens with zero attached hydrogens (tertiary/aromatic N) is 2. The van der Waals surface area contributed by atoms with Crippen molar-refractivity contribution in [3.05, 3.63) is 71.7 Å². The molecule has 214 valence electrons. The average Bonchev–Trinajstić information content (AvgIpc) is 3.37. The number of hydrogen-bond donors (Lipinski definition) is 2. The van der Waals surface area contributed by atoms with Gasteiger partial charge in [-0.15, -0.1) is 0 Å². The normalized spacial score (nSPS) is 12.8. The van der Waals surface area contributed by atoms with Crippen LogP contribution < -0.4 is 24.2 Å². The lowest BCUT2D eigenvalue weighted by atomic mass is 10.0. The molecule has 4 aromatic rings. The van der Waals surface area contributed by atoms with E-state index in [9.17, 15) is 17.6 Å². The molecule has 13 heteroatoms. The molecule has 0 fully saturated rings. The highest BCUT2D eigenvalue weighted by Crippen LogP contribution is 2.45. The lowest BCUT2D eigenvalue weighted by molar-refractivity contribution is -0.119. The van der Waals surface area contributed by atoms with Crippen molar-refractivity contribution in [3.63, 3.8) is 0 Å². The number of methoxy groups -OCH3 is 1. The summed E-state index contributed by atoms with van der Waals surface area (Å²) in [5.74, 6) is -0.716. The van der Waals surface area contributed by atoms with Crippen LogP contribution in [-0.2, 0) is 34.2 Å². The molecule has 1 aliphatic heterocycles. The Morgan fingerprint density at radius 1 is 1.17 bits per heavy atom. The molecule has 2 aromatic heterocycles. The molecule has 0 bridgehead atoms. The Hall–Kier alpha value is -4.65. The summed E-state index contributed by atoms with van der Waals surface area (Å²) in [5, 5.41) is 6.75. The fourth-order valence-electron chi connectivity index (χ4n) is 4.37. The fraction of sp³-hybridized carbons (Fsp3) is 0.250. The molecule has 0 saturated carbocycles. The molecular formula is C28H27FN4O7S. The smallest absolute Gasteiger partial charge is 0.279 e. The van der Waals surface area contributed by atoms with Crippen LogP contribution in [0.3, 0.4) is 0 Å². The Balaban J connectivity index is 1.44. The molecule has 0 unspecified atom stereocenters. The maximum absolute atomic E-state index is 13.4. The molecule has 0 radical (unpaired) electrons. The summed E-state index contributed by atoms with van der Waals surface area (Å²) in [6, 6.07) is 9.86. The minimum absolute atomic E-state index is 0.0193. The standard InChI is InChI=1S/C28H27FN4O7S/c1-4-17-7-9-20(37-3)23(12-17)41(35,36)33-27-25-22(40-32-27)13-21(19-6-5-11-38-26(19)25)39-24-10-8-18(14-30-24)15-31-28(34)16(2)29/h7-10,12-14H,2,4-6,11,15H2,1,3H3,(H,31,34)(H,32,33). The lowest BCUT2D eigenvalue weighted by Gasteiger charge is -2.21. The minimum atomic E-state index is -4.10. The third-order valence-corrected chi connectivity index (χ3v) is 7.83. The first-order valence-electron chi connectivity index (χ1n) is 12.7. The van der Waals surface area contributed by atoms with E-state index in [1.165, 1.54) is 13.3 Å². The van der Waals surface area contributed by atoms with Gasteiger partial charge in [0.15, 0.2) is 17.2 Å². The van der Waals surface area contributed by atoms with Gasteiger partial charge in [0.25, 0.3) is 15.9 Å². The van der Waals surface area contributed by atoms with Crippen LogP contribution in [0.25, 0.3) is 11.0 Å². The van der Waals surface area contributed by atoms with Gasteiger partial charge in [-0.25, -0.2) is 17.8 Å². The number of nitrogens with one attached hydrogen (secondary N) is 2. The number of benzene rings is 2. The van der Waals surface area contributed by atoms with Crippen LogP contribution >= 0.6 is 0 Å². The van der Waals surface area contributed by atoms with Gasteiger partial charge in [-0.3, -0.25) is 9.52 Å². The number of amides is 1. The number of fused-ring (bicyclic) bond motifs is 3. The molecule has 0 spiro atoms. The van der Waals surface area contributed by atoms with Gasteiger partial charge in [0, 0.05) is 30.4 Å². The van der Waals surface area contributed by atoms with Crippen LogP contribution in [0.4, 0.5) is 10.2 Å². The first-order chi connectivity index (χ1) is 19.7. The van der Waals surface area contributed by atoms with Crippen molar-refractivity contribution in [2.24, 2.45) is 0 Å². The summed E-state index contributed by atoms with van der Waals surface area (Å²) in [6.07, 6.45) is 3.45. The van der Waals surface area contributed by atoms with Gasteiger partial charge in [0.2, 0.25) is 5.88 Å². The van der Waals surface area contributed by atoms with Gasteiger partial charge in [-0.2, -0.15) is 0 Å². The van der Waals surface area contributed by atoms with E-state index in [0.29, 0.717) is 53.9 Å². The quantitative estimate of drug-likeness (QED) is 0.252. The topological polar surface area (TPSA) is 142 Å². The number of aryl methyl sites for hydroxylation is 1. The second-order valence-corrected chi connectivity index (χ2v) is 10.8.